The van der Waals surface area contributed by atoms with Gasteiger partial charge in [0.1, 0.15) is 5.65 Å². The van der Waals surface area contributed by atoms with Gasteiger partial charge in [0, 0.05) is 28.1 Å². The molecule has 0 unspecified atom stereocenters. The summed E-state index contributed by atoms with van der Waals surface area (Å²) in [5.41, 5.74) is 8.10. The Bertz CT molecular complexity index is 933. The zero-order valence-corrected chi connectivity index (χ0v) is 13.1. The van der Waals surface area contributed by atoms with E-state index in [1.54, 1.807) is 16.7 Å². The van der Waals surface area contributed by atoms with Crippen molar-refractivity contribution in [1.82, 2.24) is 14.5 Å². The van der Waals surface area contributed by atoms with Crippen molar-refractivity contribution in [3.8, 4) is 11.1 Å². The predicted molar refractivity (Wildman–Crippen MR) is 89.1 cm³/mol. The number of hydrogen-bond donors (Lipinski definition) is 1. The minimum absolute atomic E-state index is 0.138. The Morgan fingerprint density at radius 3 is 2.64 bits per heavy atom. The lowest BCUT2D eigenvalue weighted by Crippen LogP contribution is -2.23. The first-order chi connectivity index (χ1) is 10.5. The van der Waals surface area contributed by atoms with E-state index in [0.29, 0.717) is 28.3 Å². The van der Waals surface area contributed by atoms with E-state index in [1.807, 2.05) is 32.0 Å². The number of fused-ring (bicyclic) bond motifs is 1. The fourth-order valence-electron chi connectivity index (χ4n) is 2.58. The highest BCUT2D eigenvalue weighted by atomic mass is 35.5. The molecule has 5 nitrogen and oxygen atoms in total. The summed E-state index contributed by atoms with van der Waals surface area (Å²) < 4.78 is 1.60. The van der Waals surface area contributed by atoms with E-state index in [1.165, 1.54) is 0 Å². The molecule has 2 aromatic heterocycles. The van der Waals surface area contributed by atoms with E-state index in [-0.39, 0.29) is 11.5 Å². The van der Waals surface area contributed by atoms with Gasteiger partial charge < -0.3 is 5.73 Å². The summed E-state index contributed by atoms with van der Waals surface area (Å²) in [6.07, 6.45) is 0. The van der Waals surface area contributed by atoms with Gasteiger partial charge in [0.15, 0.2) is 0 Å². The van der Waals surface area contributed by atoms with Crippen LogP contribution in [0.15, 0.2) is 35.1 Å². The Labute approximate surface area is 132 Å². The largest absolute Gasteiger partial charge is 0.368 e. The number of halogens is 1. The van der Waals surface area contributed by atoms with Crippen LogP contribution in [0, 0.1) is 6.92 Å². The number of benzene rings is 1. The minimum Gasteiger partial charge on any atom is -0.368 e. The number of anilines is 1. The Balaban J connectivity index is 2.46. The molecule has 6 heteroatoms. The van der Waals surface area contributed by atoms with E-state index in [0.717, 1.165) is 11.1 Å². The van der Waals surface area contributed by atoms with E-state index >= 15 is 0 Å². The third-order valence-electron chi connectivity index (χ3n) is 3.63. The molecule has 112 valence electrons. The summed E-state index contributed by atoms with van der Waals surface area (Å²) in [6.45, 7) is 4.23. The van der Waals surface area contributed by atoms with Crippen molar-refractivity contribution in [2.45, 2.75) is 20.4 Å². The van der Waals surface area contributed by atoms with Crippen molar-refractivity contribution < 1.29 is 0 Å². The van der Waals surface area contributed by atoms with Gasteiger partial charge in [-0.2, -0.15) is 4.98 Å². The number of nitrogens with zero attached hydrogens (tertiary/aromatic N) is 3. The fraction of sp³-hybridized carbons (Fsp3) is 0.188. The summed E-state index contributed by atoms with van der Waals surface area (Å²) in [6, 6.07) is 9.08. The fourth-order valence-corrected chi connectivity index (χ4v) is 2.81. The molecule has 0 aliphatic heterocycles. The summed E-state index contributed by atoms with van der Waals surface area (Å²) in [5, 5.41) is 1.33. The molecule has 22 heavy (non-hydrogen) atoms. The second-order valence-corrected chi connectivity index (χ2v) is 5.40. The molecular weight excluding hydrogens is 300 g/mol. The highest BCUT2D eigenvalue weighted by molar-refractivity contribution is 6.33. The Kier molecular flexibility index (Phi) is 3.58. The first-order valence-corrected chi connectivity index (χ1v) is 7.33. The number of aromatic nitrogens is 3. The van der Waals surface area contributed by atoms with Gasteiger partial charge in [-0.05, 0) is 26.0 Å². The van der Waals surface area contributed by atoms with Gasteiger partial charge in [-0.1, -0.05) is 29.8 Å². The molecule has 0 saturated heterocycles. The number of nitrogens with two attached hydrogens (primary N) is 1. The lowest BCUT2D eigenvalue weighted by Gasteiger charge is -2.13. The molecule has 0 fully saturated rings. The van der Waals surface area contributed by atoms with Crippen LogP contribution >= 0.6 is 11.6 Å². The molecule has 0 radical (unpaired) electrons. The van der Waals surface area contributed by atoms with E-state index in [2.05, 4.69) is 9.97 Å². The van der Waals surface area contributed by atoms with Crippen LogP contribution in [0.1, 0.15) is 12.6 Å². The molecule has 0 saturated carbocycles. The second kappa shape index (κ2) is 5.42. The van der Waals surface area contributed by atoms with Crippen molar-refractivity contribution in [1.29, 1.82) is 0 Å². The van der Waals surface area contributed by atoms with Crippen LogP contribution in [0.3, 0.4) is 0 Å². The maximum Gasteiger partial charge on any atom is 0.260 e. The molecule has 0 atom stereocenters. The van der Waals surface area contributed by atoms with Crippen LogP contribution in [0.4, 0.5) is 5.95 Å². The van der Waals surface area contributed by atoms with Crippen LogP contribution in [0.25, 0.3) is 22.2 Å². The van der Waals surface area contributed by atoms with Crippen LogP contribution in [-0.4, -0.2) is 14.5 Å². The SMILES string of the molecule is CCn1c(=O)c(-c2ccccc2Cl)cc2c(C)nc(N)nc21. The van der Waals surface area contributed by atoms with Gasteiger partial charge >= 0.3 is 0 Å². The summed E-state index contributed by atoms with van der Waals surface area (Å²) in [4.78, 5) is 21.2. The monoisotopic (exact) mass is 314 g/mol. The molecule has 0 aliphatic rings. The average molecular weight is 315 g/mol. The smallest absolute Gasteiger partial charge is 0.260 e. The maximum atomic E-state index is 12.8. The quantitative estimate of drug-likeness (QED) is 0.789. The molecule has 2 heterocycles. The van der Waals surface area contributed by atoms with Crippen molar-refractivity contribution in [3.63, 3.8) is 0 Å². The lowest BCUT2D eigenvalue weighted by atomic mass is 10.1. The second-order valence-electron chi connectivity index (χ2n) is 4.99. The van der Waals surface area contributed by atoms with Crippen molar-refractivity contribution >= 4 is 28.6 Å². The van der Waals surface area contributed by atoms with Gasteiger partial charge in [0.05, 0.1) is 5.69 Å². The highest BCUT2D eigenvalue weighted by Crippen LogP contribution is 2.28. The topological polar surface area (TPSA) is 73.8 Å². The Hall–Kier alpha value is -2.40. The van der Waals surface area contributed by atoms with Crippen LogP contribution < -0.4 is 11.3 Å². The first-order valence-electron chi connectivity index (χ1n) is 6.95. The third-order valence-corrected chi connectivity index (χ3v) is 3.96. The molecule has 3 aromatic rings. The van der Waals surface area contributed by atoms with Gasteiger partial charge in [-0.3, -0.25) is 9.36 Å². The van der Waals surface area contributed by atoms with Crippen molar-refractivity contribution in [2.24, 2.45) is 0 Å². The molecule has 2 N–H and O–H groups in total. The Morgan fingerprint density at radius 2 is 1.95 bits per heavy atom. The van der Waals surface area contributed by atoms with Gasteiger partial charge in [-0.15, -0.1) is 0 Å². The highest BCUT2D eigenvalue weighted by Gasteiger charge is 2.15. The number of aryl methyl sites for hydroxylation is 2. The van der Waals surface area contributed by atoms with Crippen molar-refractivity contribution in [3.05, 3.63) is 51.4 Å². The van der Waals surface area contributed by atoms with E-state index in [9.17, 15) is 4.79 Å². The van der Waals surface area contributed by atoms with Crippen LogP contribution in [0.5, 0.6) is 0 Å². The normalized spacial score (nSPS) is 11.0. The molecule has 3 rings (SSSR count). The molecular formula is C16H15ClN4O. The minimum atomic E-state index is -0.138. The lowest BCUT2D eigenvalue weighted by molar-refractivity contribution is 0.750. The predicted octanol–water partition coefficient (Wildman–Crippen LogP) is 3.02. The van der Waals surface area contributed by atoms with E-state index < -0.39 is 0 Å². The van der Waals surface area contributed by atoms with Gasteiger partial charge in [0.25, 0.3) is 5.56 Å². The standard InChI is InChI=1S/C16H15ClN4O/c1-3-21-14-11(9(2)19-16(18)20-14)8-12(15(21)22)10-6-4-5-7-13(10)17/h4-8H,3H2,1-2H3,(H2,18,19,20). The first kappa shape index (κ1) is 14.5. The number of pyridine rings is 1. The number of nitrogen functional groups attached to an aromatic ring is 1. The van der Waals surface area contributed by atoms with Gasteiger partial charge in [-0.25, -0.2) is 4.98 Å². The number of hydrogen-bond acceptors (Lipinski definition) is 4. The molecule has 0 spiro atoms. The third kappa shape index (κ3) is 2.23. The Morgan fingerprint density at radius 1 is 1.23 bits per heavy atom. The molecule has 1 aromatic carbocycles. The molecule has 0 amide bonds. The molecule has 0 bridgehead atoms. The zero-order valence-electron chi connectivity index (χ0n) is 12.3. The maximum absolute atomic E-state index is 12.8. The van der Waals surface area contributed by atoms with Crippen LogP contribution in [-0.2, 0) is 6.54 Å². The van der Waals surface area contributed by atoms with Gasteiger partial charge in [0.2, 0.25) is 5.95 Å². The van der Waals surface area contributed by atoms with Crippen LogP contribution in [0.2, 0.25) is 5.02 Å². The zero-order chi connectivity index (χ0) is 15.9. The summed E-state index contributed by atoms with van der Waals surface area (Å²) in [5.74, 6) is 0.164. The summed E-state index contributed by atoms with van der Waals surface area (Å²) in [7, 11) is 0. The van der Waals surface area contributed by atoms with E-state index in [4.69, 9.17) is 17.3 Å². The number of rotatable bonds is 2. The molecule has 0 aliphatic carbocycles. The van der Waals surface area contributed by atoms with Crippen molar-refractivity contribution in [2.75, 3.05) is 5.73 Å². The average Bonchev–Trinajstić information content (AvgIpc) is 2.48. The summed E-state index contributed by atoms with van der Waals surface area (Å²) >= 11 is 6.24.